The van der Waals surface area contributed by atoms with E-state index in [1.807, 2.05) is 0 Å². The van der Waals surface area contributed by atoms with Crippen molar-refractivity contribution in [3.8, 4) is 5.69 Å². The Hall–Kier alpha value is -3.50. The highest BCUT2D eigenvalue weighted by Crippen LogP contribution is 2.66. The van der Waals surface area contributed by atoms with E-state index in [9.17, 15) is 31.5 Å². The maximum absolute atomic E-state index is 14.8. The first kappa shape index (κ1) is 24.8. The van der Waals surface area contributed by atoms with Crippen LogP contribution < -0.4 is 16.1 Å². The lowest BCUT2D eigenvalue weighted by atomic mass is 9.46. The minimum absolute atomic E-state index is 0.0117. The number of alkyl halides is 3. The van der Waals surface area contributed by atoms with E-state index < -0.39 is 40.1 Å². The molecule has 0 radical (unpaired) electrons. The molecule has 4 bridgehead atoms. The first-order valence-corrected chi connectivity index (χ1v) is 12.5. The Balaban J connectivity index is 1.45. The van der Waals surface area contributed by atoms with Crippen molar-refractivity contribution < 1.29 is 26.7 Å². The monoisotopic (exact) mass is 532 g/mol. The second-order valence-corrected chi connectivity index (χ2v) is 11.1. The number of amides is 1. The summed E-state index contributed by atoms with van der Waals surface area (Å²) in [6.45, 7) is 0. The summed E-state index contributed by atoms with van der Waals surface area (Å²) in [5.41, 5.74) is -4.04. The first-order valence-electron chi connectivity index (χ1n) is 12.5. The largest absolute Gasteiger partial charge is 0.394 e. The van der Waals surface area contributed by atoms with Gasteiger partial charge in [0.25, 0.3) is 5.91 Å². The molecular weight excluding hydrogens is 507 g/mol. The fourth-order valence-corrected chi connectivity index (χ4v) is 7.41. The Bertz CT molecular complexity index is 1520. The minimum atomic E-state index is -4.38. The predicted molar refractivity (Wildman–Crippen MR) is 130 cm³/mol. The smallest absolute Gasteiger partial charge is 0.373 e. The SMILES string of the molecule is CNc1ccc2c(=O)c(C(=O)NC34CC5CC(C3)CC(C(F)(F)F)(C5)C4)cn(-c3ccc(F)cc3F)c2n1. The number of anilines is 1. The number of halogens is 5. The topological polar surface area (TPSA) is 76.0 Å². The van der Waals surface area contributed by atoms with Crippen LogP contribution in [0.4, 0.5) is 27.8 Å². The number of hydrogen-bond donors (Lipinski definition) is 2. The molecule has 4 saturated carbocycles. The zero-order valence-corrected chi connectivity index (χ0v) is 20.5. The van der Waals surface area contributed by atoms with E-state index in [1.54, 1.807) is 7.05 Å². The van der Waals surface area contributed by atoms with Gasteiger partial charge in [0.1, 0.15) is 23.0 Å². The standard InChI is InChI=1S/C27H25F5N4O2/c1-33-21-5-3-17-22(37)18(12-36(23(17)34-21)20-4-2-16(28)7-19(20)29)24(38)35-26-10-14-6-15(11-26)9-25(8-14,13-26)27(30,31)32/h2-5,7,12,14-15H,6,8-11,13H2,1H3,(H,33,34)(H,35,38). The van der Waals surface area contributed by atoms with Crippen molar-refractivity contribution >= 4 is 22.8 Å². The predicted octanol–water partition coefficient (Wildman–Crippen LogP) is 5.34. The van der Waals surface area contributed by atoms with Gasteiger partial charge in [-0.15, -0.1) is 0 Å². The summed E-state index contributed by atoms with van der Waals surface area (Å²) < 4.78 is 72.2. The molecule has 2 aromatic heterocycles. The molecule has 3 aromatic rings. The molecule has 1 aromatic carbocycles. The lowest BCUT2D eigenvalue weighted by molar-refractivity contribution is -0.277. The van der Waals surface area contributed by atoms with E-state index in [0.717, 1.165) is 18.3 Å². The Kier molecular flexibility index (Phi) is 5.39. The van der Waals surface area contributed by atoms with Crippen LogP contribution in [0.2, 0.25) is 0 Å². The Morgan fingerprint density at radius 1 is 1.08 bits per heavy atom. The summed E-state index contributed by atoms with van der Waals surface area (Å²) in [5.74, 6) is -2.49. The molecule has 7 rings (SSSR count). The van der Waals surface area contributed by atoms with E-state index in [-0.39, 0.29) is 53.4 Å². The Morgan fingerprint density at radius 2 is 1.79 bits per heavy atom. The maximum atomic E-state index is 14.8. The number of rotatable bonds is 4. The second-order valence-electron chi connectivity index (χ2n) is 11.1. The van der Waals surface area contributed by atoms with Gasteiger partial charge in [-0.25, -0.2) is 13.8 Å². The van der Waals surface area contributed by atoms with Gasteiger partial charge in [0, 0.05) is 24.8 Å². The Morgan fingerprint density at radius 3 is 2.42 bits per heavy atom. The molecule has 0 aliphatic heterocycles. The molecule has 200 valence electrons. The average molecular weight is 533 g/mol. The van der Waals surface area contributed by atoms with Crippen molar-refractivity contribution in [2.75, 3.05) is 12.4 Å². The minimum Gasteiger partial charge on any atom is -0.373 e. The maximum Gasteiger partial charge on any atom is 0.394 e. The van der Waals surface area contributed by atoms with Gasteiger partial charge in [0.15, 0.2) is 5.65 Å². The molecule has 11 heteroatoms. The van der Waals surface area contributed by atoms with Crippen LogP contribution in [0, 0.1) is 28.9 Å². The zero-order chi connectivity index (χ0) is 27.0. The molecule has 4 fully saturated rings. The van der Waals surface area contributed by atoms with Crippen LogP contribution in [0.5, 0.6) is 0 Å². The lowest BCUT2D eigenvalue weighted by Crippen LogP contribution is -2.66. The normalized spacial score (nSPS) is 28.1. The number of carbonyl (C=O) groups is 1. The van der Waals surface area contributed by atoms with Gasteiger partial charge in [0.2, 0.25) is 5.43 Å². The van der Waals surface area contributed by atoms with Crippen molar-refractivity contribution in [2.24, 2.45) is 17.3 Å². The van der Waals surface area contributed by atoms with Gasteiger partial charge in [-0.1, -0.05) is 0 Å². The number of carbonyl (C=O) groups excluding carboxylic acids is 1. The Labute approximate surface area is 214 Å². The molecule has 0 spiro atoms. The highest BCUT2D eigenvalue weighted by atomic mass is 19.4. The molecule has 4 aliphatic rings. The van der Waals surface area contributed by atoms with Crippen molar-refractivity contribution in [3.63, 3.8) is 0 Å². The summed E-state index contributed by atoms with van der Waals surface area (Å²) in [7, 11) is 1.61. The summed E-state index contributed by atoms with van der Waals surface area (Å²) in [4.78, 5) is 31.4. The van der Waals surface area contributed by atoms with Crippen LogP contribution in [0.15, 0.2) is 41.3 Å². The average Bonchev–Trinajstić information content (AvgIpc) is 2.82. The number of nitrogens with one attached hydrogen (secondary N) is 2. The van der Waals surface area contributed by atoms with E-state index in [1.165, 1.54) is 16.7 Å². The molecule has 1 amide bonds. The number of pyridine rings is 2. The van der Waals surface area contributed by atoms with Crippen molar-refractivity contribution in [3.05, 3.63) is 63.9 Å². The highest BCUT2D eigenvalue weighted by molar-refractivity contribution is 5.97. The van der Waals surface area contributed by atoms with Crippen molar-refractivity contribution in [1.82, 2.24) is 14.9 Å². The van der Waals surface area contributed by atoms with Crippen LogP contribution in [0.25, 0.3) is 16.7 Å². The summed E-state index contributed by atoms with van der Waals surface area (Å²) in [6, 6.07) is 5.83. The third-order valence-electron chi connectivity index (χ3n) is 8.56. The van der Waals surface area contributed by atoms with Crippen LogP contribution in [0.3, 0.4) is 0 Å². The molecular formula is C27H25F5N4O2. The van der Waals surface area contributed by atoms with E-state index >= 15 is 0 Å². The van der Waals surface area contributed by atoms with Gasteiger partial charge < -0.3 is 10.6 Å². The van der Waals surface area contributed by atoms with E-state index in [4.69, 9.17) is 0 Å². The fraction of sp³-hybridized carbons (Fsp3) is 0.444. The van der Waals surface area contributed by atoms with E-state index in [2.05, 4.69) is 15.6 Å². The first-order chi connectivity index (χ1) is 17.9. The van der Waals surface area contributed by atoms with Gasteiger partial charge >= 0.3 is 6.18 Å². The summed E-state index contributed by atoms with van der Waals surface area (Å²) in [5, 5.41) is 5.67. The third-order valence-corrected chi connectivity index (χ3v) is 8.56. The van der Waals surface area contributed by atoms with E-state index in [0.29, 0.717) is 31.1 Å². The molecule has 0 saturated heterocycles. The van der Waals surface area contributed by atoms with Gasteiger partial charge in [-0.2, -0.15) is 13.2 Å². The third kappa shape index (κ3) is 3.77. The van der Waals surface area contributed by atoms with Crippen molar-refractivity contribution in [1.29, 1.82) is 0 Å². The fourth-order valence-electron chi connectivity index (χ4n) is 7.41. The molecule has 6 nitrogen and oxygen atoms in total. The van der Waals surface area contributed by atoms with Crippen LogP contribution >= 0.6 is 0 Å². The molecule has 2 unspecified atom stereocenters. The quantitative estimate of drug-likeness (QED) is 0.445. The number of aromatic nitrogens is 2. The van der Waals surface area contributed by atoms with Gasteiger partial charge in [-0.05, 0) is 74.6 Å². The highest BCUT2D eigenvalue weighted by Gasteiger charge is 2.67. The number of fused-ring (bicyclic) bond motifs is 1. The van der Waals surface area contributed by atoms with Crippen LogP contribution in [-0.2, 0) is 0 Å². The van der Waals surface area contributed by atoms with Crippen LogP contribution in [-0.4, -0.2) is 34.2 Å². The molecule has 2 heterocycles. The number of benzene rings is 1. The molecule has 2 atom stereocenters. The molecule has 4 aliphatic carbocycles. The second kappa shape index (κ2) is 8.25. The number of hydrogen-bond acceptors (Lipinski definition) is 4. The molecule has 2 N–H and O–H groups in total. The number of nitrogens with zero attached hydrogens (tertiary/aromatic N) is 2. The van der Waals surface area contributed by atoms with Crippen molar-refractivity contribution in [2.45, 2.75) is 50.2 Å². The van der Waals surface area contributed by atoms with Gasteiger partial charge in [-0.3, -0.25) is 14.2 Å². The summed E-state index contributed by atoms with van der Waals surface area (Å²) >= 11 is 0. The lowest BCUT2D eigenvalue weighted by Gasteiger charge is -2.62. The zero-order valence-electron chi connectivity index (χ0n) is 20.5. The molecule has 38 heavy (non-hydrogen) atoms. The summed E-state index contributed by atoms with van der Waals surface area (Å²) in [6.07, 6.45) is -1.78. The van der Waals surface area contributed by atoms with Gasteiger partial charge in [0.05, 0.1) is 16.5 Å². The van der Waals surface area contributed by atoms with Crippen LogP contribution in [0.1, 0.15) is 48.9 Å².